The molecule has 0 unspecified atom stereocenters. The highest BCUT2D eigenvalue weighted by Gasteiger charge is 2.09. The molecule has 3 nitrogen and oxygen atoms in total. The van der Waals surface area contributed by atoms with Crippen molar-refractivity contribution in [3.8, 4) is 0 Å². The van der Waals surface area contributed by atoms with Crippen LogP contribution in [0.15, 0.2) is 18.2 Å². The average Bonchev–Trinajstić information content (AvgIpc) is 2.21. The first-order valence-corrected chi connectivity index (χ1v) is 6.33. The fourth-order valence-electron chi connectivity index (χ4n) is 1.53. The van der Waals surface area contributed by atoms with E-state index in [9.17, 15) is 10.1 Å². The van der Waals surface area contributed by atoms with Crippen LogP contribution in [0.3, 0.4) is 0 Å². The van der Waals surface area contributed by atoms with Crippen molar-refractivity contribution in [3.05, 3.63) is 39.4 Å². The van der Waals surface area contributed by atoms with Crippen LogP contribution in [0.2, 0.25) is 0 Å². The molecule has 0 saturated heterocycles. The topological polar surface area (TPSA) is 43.1 Å². The lowest BCUT2D eigenvalue weighted by Crippen LogP contribution is -1.95. The third-order valence-corrected chi connectivity index (χ3v) is 2.82. The molecule has 0 spiro atoms. The number of thioether (sulfide) groups is 1. The molecule has 4 heteroatoms. The Morgan fingerprint density at radius 3 is 2.67 bits per heavy atom. The summed E-state index contributed by atoms with van der Waals surface area (Å²) in [5, 5.41) is 10.6. The van der Waals surface area contributed by atoms with Crippen LogP contribution < -0.4 is 0 Å². The number of benzene rings is 1. The third kappa shape index (κ3) is 3.23. The van der Waals surface area contributed by atoms with E-state index in [1.807, 2.05) is 12.3 Å². The van der Waals surface area contributed by atoms with Gasteiger partial charge in [0.2, 0.25) is 0 Å². The molecule has 0 aliphatic heterocycles. The summed E-state index contributed by atoms with van der Waals surface area (Å²) < 4.78 is 0. The van der Waals surface area contributed by atoms with Gasteiger partial charge in [-0.3, -0.25) is 10.1 Å². The van der Waals surface area contributed by atoms with Crippen molar-refractivity contribution in [3.63, 3.8) is 0 Å². The van der Waals surface area contributed by atoms with Gasteiger partial charge in [-0.25, -0.2) is 0 Å². The Morgan fingerprint density at radius 1 is 1.40 bits per heavy atom. The van der Waals surface area contributed by atoms with Crippen LogP contribution in [0, 0.1) is 10.1 Å². The predicted octanol–water partition coefficient (Wildman–Crippen LogP) is 3.41. The highest BCUT2D eigenvalue weighted by Crippen LogP contribution is 2.22. The Bertz CT molecular complexity index is 352. The Balaban J connectivity index is 3.02. The monoisotopic (exact) mass is 225 g/mol. The second-order valence-electron chi connectivity index (χ2n) is 3.39. The fourth-order valence-corrected chi connectivity index (χ4v) is 2.11. The number of hydrogen-bond acceptors (Lipinski definition) is 3. The molecule has 0 heterocycles. The highest BCUT2D eigenvalue weighted by molar-refractivity contribution is 7.97. The SMILES string of the molecule is CCCc1ccc([N+](=O)[O-])cc1CSC. The number of nitro benzene ring substituents is 1. The number of nitrogens with zero attached hydrogens (tertiary/aromatic N) is 1. The molecular weight excluding hydrogens is 210 g/mol. The molecule has 1 rings (SSSR count). The molecule has 15 heavy (non-hydrogen) atoms. The molecule has 1 aromatic carbocycles. The average molecular weight is 225 g/mol. The fraction of sp³-hybridized carbons (Fsp3) is 0.455. The Kier molecular flexibility index (Phi) is 4.62. The molecule has 82 valence electrons. The first-order chi connectivity index (χ1) is 7.19. The van der Waals surface area contributed by atoms with Crippen LogP contribution in [0.5, 0.6) is 0 Å². The molecule has 0 amide bonds. The molecule has 0 fully saturated rings. The zero-order valence-electron chi connectivity index (χ0n) is 9.03. The van der Waals surface area contributed by atoms with Crippen molar-refractivity contribution in [1.82, 2.24) is 0 Å². The summed E-state index contributed by atoms with van der Waals surface area (Å²) in [4.78, 5) is 10.3. The summed E-state index contributed by atoms with van der Waals surface area (Å²) in [6.45, 7) is 2.12. The second kappa shape index (κ2) is 5.75. The molecule has 0 aliphatic carbocycles. The van der Waals surface area contributed by atoms with Gasteiger partial charge < -0.3 is 0 Å². The lowest BCUT2D eigenvalue weighted by atomic mass is 10.0. The van der Waals surface area contributed by atoms with Crippen LogP contribution in [0.25, 0.3) is 0 Å². The van der Waals surface area contributed by atoms with Crippen molar-refractivity contribution in [2.45, 2.75) is 25.5 Å². The summed E-state index contributed by atoms with van der Waals surface area (Å²) in [6, 6.07) is 5.17. The Labute approximate surface area is 94.0 Å². The van der Waals surface area contributed by atoms with Gasteiger partial charge >= 0.3 is 0 Å². The van der Waals surface area contributed by atoms with Gasteiger partial charge in [-0.05, 0) is 23.8 Å². The van der Waals surface area contributed by atoms with Gasteiger partial charge in [-0.2, -0.15) is 11.8 Å². The molecule has 0 radical (unpaired) electrons. The smallest absolute Gasteiger partial charge is 0.258 e. The molecule has 0 aliphatic rings. The normalized spacial score (nSPS) is 10.3. The van der Waals surface area contributed by atoms with E-state index in [0.717, 1.165) is 24.2 Å². The van der Waals surface area contributed by atoms with Crippen molar-refractivity contribution in [2.24, 2.45) is 0 Å². The molecule has 0 atom stereocenters. The van der Waals surface area contributed by atoms with Crippen molar-refractivity contribution >= 4 is 17.4 Å². The quantitative estimate of drug-likeness (QED) is 0.569. The van der Waals surface area contributed by atoms with Crippen molar-refractivity contribution in [2.75, 3.05) is 6.26 Å². The van der Waals surface area contributed by atoms with Crippen LogP contribution >= 0.6 is 11.8 Å². The van der Waals surface area contributed by atoms with Gasteiger partial charge in [0, 0.05) is 17.9 Å². The number of non-ortho nitro benzene ring substituents is 1. The zero-order chi connectivity index (χ0) is 11.3. The number of aryl methyl sites for hydroxylation is 1. The summed E-state index contributed by atoms with van der Waals surface area (Å²) in [5.41, 5.74) is 2.52. The molecular formula is C11H15NO2S. The maximum atomic E-state index is 10.6. The van der Waals surface area contributed by atoms with Crippen LogP contribution in [0.4, 0.5) is 5.69 Å². The summed E-state index contributed by atoms with van der Waals surface area (Å²) in [7, 11) is 0. The summed E-state index contributed by atoms with van der Waals surface area (Å²) in [5.74, 6) is 0.844. The van der Waals surface area contributed by atoms with Gasteiger partial charge in [0.05, 0.1) is 4.92 Å². The Morgan fingerprint density at radius 2 is 2.13 bits per heavy atom. The largest absolute Gasteiger partial charge is 0.269 e. The van der Waals surface area contributed by atoms with Crippen LogP contribution in [-0.2, 0) is 12.2 Å². The number of rotatable bonds is 5. The lowest BCUT2D eigenvalue weighted by Gasteiger charge is -2.06. The predicted molar refractivity (Wildman–Crippen MR) is 64.3 cm³/mol. The zero-order valence-corrected chi connectivity index (χ0v) is 9.84. The van der Waals surface area contributed by atoms with Crippen LogP contribution in [-0.4, -0.2) is 11.2 Å². The van der Waals surface area contributed by atoms with E-state index in [1.54, 1.807) is 23.9 Å². The number of hydrogen-bond donors (Lipinski definition) is 0. The summed E-state index contributed by atoms with van der Waals surface area (Å²) >= 11 is 1.69. The standard InChI is InChI=1S/C11H15NO2S/c1-3-4-9-5-6-11(12(13)14)7-10(9)8-15-2/h5-7H,3-4,8H2,1-2H3. The van der Waals surface area contributed by atoms with E-state index in [0.29, 0.717) is 0 Å². The highest BCUT2D eigenvalue weighted by atomic mass is 32.2. The van der Waals surface area contributed by atoms with E-state index in [-0.39, 0.29) is 10.6 Å². The Hall–Kier alpha value is -1.03. The first-order valence-electron chi connectivity index (χ1n) is 4.94. The minimum Gasteiger partial charge on any atom is -0.258 e. The van der Waals surface area contributed by atoms with Gasteiger partial charge in [0.15, 0.2) is 0 Å². The summed E-state index contributed by atoms with van der Waals surface area (Å²) in [6.07, 6.45) is 4.07. The van der Waals surface area contributed by atoms with E-state index in [2.05, 4.69) is 6.92 Å². The minimum atomic E-state index is -0.334. The van der Waals surface area contributed by atoms with E-state index >= 15 is 0 Å². The number of nitro groups is 1. The maximum Gasteiger partial charge on any atom is 0.269 e. The lowest BCUT2D eigenvalue weighted by molar-refractivity contribution is -0.384. The molecule has 0 aromatic heterocycles. The molecule has 0 saturated carbocycles. The van der Waals surface area contributed by atoms with Crippen molar-refractivity contribution in [1.29, 1.82) is 0 Å². The van der Waals surface area contributed by atoms with Gasteiger partial charge in [0.25, 0.3) is 5.69 Å². The van der Waals surface area contributed by atoms with Crippen molar-refractivity contribution < 1.29 is 4.92 Å². The van der Waals surface area contributed by atoms with Gasteiger partial charge in [0.1, 0.15) is 0 Å². The second-order valence-corrected chi connectivity index (χ2v) is 4.26. The van der Waals surface area contributed by atoms with E-state index < -0.39 is 0 Å². The van der Waals surface area contributed by atoms with E-state index in [4.69, 9.17) is 0 Å². The molecule has 1 aromatic rings. The minimum absolute atomic E-state index is 0.193. The maximum absolute atomic E-state index is 10.6. The van der Waals surface area contributed by atoms with E-state index in [1.165, 1.54) is 5.56 Å². The molecule has 0 bridgehead atoms. The van der Waals surface area contributed by atoms with Gasteiger partial charge in [-0.15, -0.1) is 0 Å². The van der Waals surface area contributed by atoms with Crippen LogP contribution in [0.1, 0.15) is 24.5 Å². The van der Waals surface area contributed by atoms with Gasteiger partial charge in [-0.1, -0.05) is 19.4 Å². The first kappa shape index (κ1) is 12.0. The molecule has 0 N–H and O–H groups in total. The third-order valence-electron chi connectivity index (χ3n) is 2.22.